The number of hydrogen-bond acceptors (Lipinski definition) is 3. The van der Waals surface area contributed by atoms with Crippen LogP contribution in [0.1, 0.15) is 32.6 Å². The van der Waals surface area contributed by atoms with Crippen LogP contribution in [0.2, 0.25) is 0 Å². The molecule has 1 atom stereocenters. The van der Waals surface area contributed by atoms with Crippen molar-refractivity contribution in [1.29, 1.82) is 0 Å². The molecule has 0 aromatic rings. The van der Waals surface area contributed by atoms with E-state index in [9.17, 15) is 4.79 Å². The van der Waals surface area contributed by atoms with E-state index in [0.29, 0.717) is 0 Å². The van der Waals surface area contributed by atoms with Crippen LogP contribution in [-0.4, -0.2) is 26.2 Å². The van der Waals surface area contributed by atoms with E-state index >= 15 is 0 Å². The topological polar surface area (TPSA) is 38.3 Å². The summed E-state index contributed by atoms with van der Waals surface area (Å²) in [5.74, 6) is -0.0402. The van der Waals surface area contributed by atoms with E-state index in [2.05, 4.69) is 12.2 Å². The quantitative estimate of drug-likeness (QED) is 0.674. The van der Waals surface area contributed by atoms with Crippen molar-refractivity contribution in [2.75, 3.05) is 20.2 Å². The Balaban J connectivity index is 2.66. The molecule has 0 bridgehead atoms. The second-order valence-corrected chi connectivity index (χ2v) is 3.80. The molecule has 76 valence electrons. The summed E-state index contributed by atoms with van der Waals surface area (Å²) in [6.45, 7) is 3.93. The number of nitrogens with one attached hydrogen (secondary N) is 1. The Hall–Kier alpha value is -0.570. The number of rotatable bonds is 3. The first-order chi connectivity index (χ1) is 6.25. The summed E-state index contributed by atoms with van der Waals surface area (Å²) in [6.07, 6.45) is 4.03. The minimum atomic E-state index is -0.234. The highest BCUT2D eigenvalue weighted by atomic mass is 16.5. The van der Waals surface area contributed by atoms with Crippen LogP contribution in [0.25, 0.3) is 0 Å². The molecule has 0 unspecified atom stereocenters. The van der Waals surface area contributed by atoms with Gasteiger partial charge in [0.25, 0.3) is 0 Å². The lowest BCUT2D eigenvalue weighted by atomic mass is 9.77. The van der Waals surface area contributed by atoms with Crippen LogP contribution in [0.3, 0.4) is 0 Å². The summed E-state index contributed by atoms with van der Waals surface area (Å²) in [4.78, 5) is 11.6. The largest absolute Gasteiger partial charge is 0.469 e. The van der Waals surface area contributed by atoms with Crippen molar-refractivity contribution in [3.63, 3.8) is 0 Å². The minimum Gasteiger partial charge on any atom is -0.469 e. The summed E-state index contributed by atoms with van der Waals surface area (Å²) in [5.41, 5.74) is -0.234. The summed E-state index contributed by atoms with van der Waals surface area (Å²) in [6, 6.07) is 0. The highest BCUT2D eigenvalue weighted by molar-refractivity contribution is 5.77. The molecular formula is C10H19NO2. The summed E-state index contributed by atoms with van der Waals surface area (Å²) in [7, 11) is 1.48. The molecule has 0 amide bonds. The van der Waals surface area contributed by atoms with Crippen LogP contribution in [-0.2, 0) is 9.53 Å². The highest BCUT2D eigenvalue weighted by Gasteiger charge is 2.39. The maximum Gasteiger partial charge on any atom is 0.313 e. The molecule has 3 heteroatoms. The van der Waals surface area contributed by atoms with E-state index < -0.39 is 0 Å². The van der Waals surface area contributed by atoms with Gasteiger partial charge in [0.05, 0.1) is 12.5 Å². The molecule has 1 aliphatic rings. The van der Waals surface area contributed by atoms with Crippen molar-refractivity contribution >= 4 is 5.97 Å². The standard InChI is InChI=1S/C10H19NO2/c1-3-5-10(9(12)13-2)6-4-7-11-8-10/h11H,3-8H2,1-2H3/t10-/m1/s1. The van der Waals surface area contributed by atoms with Gasteiger partial charge in [-0.05, 0) is 25.8 Å². The fraction of sp³-hybridized carbons (Fsp3) is 0.900. The van der Waals surface area contributed by atoms with Gasteiger partial charge in [-0.2, -0.15) is 0 Å². The molecule has 1 rings (SSSR count). The smallest absolute Gasteiger partial charge is 0.313 e. The van der Waals surface area contributed by atoms with Gasteiger partial charge in [-0.1, -0.05) is 13.3 Å². The van der Waals surface area contributed by atoms with Crippen LogP contribution < -0.4 is 5.32 Å². The SMILES string of the molecule is CCC[C@@]1(C(=O)OC)CCCNC1. The number of esters is 1. The Bertz CT molecular complexity index is 168. The molecule has 1 saturated heterocycles. The van der Waals surface area contributed by atoms with Crippen LogP contribution in [0.5, 0.6) is 0 Å². The highest BCUT2D eigenvalue weighted by Crippen LogP contribution is 2.32. The second-order valence-electron chi connectivity index (χ2n) is 3.80. The molecule has 1 fully saturated rings. The third-order valence-corrected chi connectivity index (χ3v) is 2.82. The molecule has 0 aromatic carbocycles. The normalized spacial score (nSPS) is 28.5. The number of methoxy groups -OCH3 is 1. The van der Waals surface area contributed by atoms with E-state index in [1.165, 1.54) is 7.11 Å². The molecule has 0 spiro atoms. The minimum absolute atomic E-state index is 0.0402. The number of carbonyl (C=O) groups excluding carboxylic acids is 1. The van der Waals surface area contributed by atoms with Crippen molar-refractivity contribution in [3.05, 3.63) is 0 Å². The molecule has 1 N–H and O–H groups in total. The van der Waals surface area contributed by atoms with Crippen molar-refractivity contribution in [1.82, 2.24) is 5.32 Å². The fourth-order valence-corrected chi connectivity index (χ4v) is 2.15. The van der Waals surface area contributed by atoms with Gasteiger partial charge in [-0.15, -0.1) is 0 Å². The Labute approximate surface area is 79.8 Å². The number of ether oxygens (including phenoxy) is 1. The predicted octanol–water partition coefficient (Wildman–Crippen LogP) is 1.33. The van der Waals surface area contributed by atoms with Gasteiger partial charge in [0.2, 0.25) is 0 Å². The van der Waals surface area contributed by atoms with E-state index in [4.69, 9.17) is 4.74 Å². The van der Waals surface area contributed by atoms with Crippen molar-refractivity contribution in [2.45, 2.75) is 32.6 Å². The van der Waals surface area contributed by atoms with E-state index in [1.54, 1.807) is 0 Å². The molecule has 0 aromatic heterocycles. The number of hydrogen-bond donors (Lipinski definition) is 1. The first-order valence-corrected chi connectivity index (χ1v) is 5.04. The Kier molecular flexibility index (Phi) is 3.72. The molecule has 1 aliphatic heterocycles. The Morgan fingerprint density at radius 1 is 1.62 bits per heavy atom. The van der Waals surface area contributed by atoms with Crippen LogP contribution in [0.4, 0.5) is 0 Å². The monoisotopic (exact) mass is 185 g/mol. The van der Waals surface area contributed by atoms with Gasteiger partial charge in [0.1, 0.15) is 0 Å². The zero-order valence-corrected chi connectivity index (χ0v) is 8.56. The van der Waals surface area contributed by atoms with Crippen molar-refractivity contribution in [3.8, 4) is 0 Å². The van der Waals surface area contributed by atoms with Crippen molar-refractivity contribution in [2.24, 2.45) is 5.41 Å². The van der Waals surface area contributed by atoms with Gasteiger partial charge in [-0.25, -0.2) is 0 Å². The van der Waals surface area contributed by atoms with Crippen molar-refractivity contribution < 1.29 is 9.53 Å². The molecule has 0 radical (unpaired) electrons. The van der Waals surface area contributed by atoms with Gasteiger partial charge < -0.3 is 10.1 Å². The zero-order valence-electron chi connectivity index (χ0n) is 8.56. The van der Waals surface area contributed by atoms with Gasteiger partial charge in [0.15, 0.2) is 0 Å². The Morgan fingerprint density at radius 2 is 2.38 bits per heavy atom. The van der Waals surface area contributed by atoms with Gasteiger partial charge in [-0.3, -0.25) is 4.79 Å². The maximum atomic E-state index is 11.6. The summed E-state index contributed by atoms with van der Waals surface area (Å²) in [5, 5.41) is 3.27. The Morgan fingerprint density at radius 3 is 2.85 bits per heavy atom. The molecule has 3 nitrogen and oxygen atoms in total. The van der Waals surface area contributed by atoms with E-state index in [1.807, 2.05) is 0 Å². The van der Waals surface area contributed by atoms with Crippen LogP contribution in [0, 0.1) is 5.41 Å². The molecule has 1 heterocycles. The average Bonchev–Trinajstić information content (AvgIpc) is 2.18. The molecule has 0 saturated carbocycles. The summed E-state index contributed by atoms with van der Waals surface area (Å²) < 4.78 is 4.87. The first kappa shape index (κ1) is 10.5. The van der Waals surface area contributed by atoms with Gasteiger partial charge in [0, 0.05) is 6.54 Å². The second kappa shape index (κ2) is 4.61. The number of piperidine rings is 1. The molecule has 13 heavy (non-hydrogen) atoms. The van der Waals surface area contributed by atoms with E-state index in [0.717, 1.165) is 38.8 Å². The van der Waals surface area contributed by atoms with Crippen LogP contribution >= 0.6 is 0 Å². The average molecular weight is 185 g/mol. The maximum absolute atomic E-state index is 11.6. The molecule has 0 aliphatic carbocycles. The lowest BCUT2D eigenvalue weighted by Crippen LogP contribution is -2.46. The lowest BCUT2D eigenvalue weighted by molar-refractivity contribution is -0.154. The van der Waals surface area contributed by atoms with Gasteiger partial charge >= 0.3 is 5.97 Å². The predicted molar refractivity (Wildman–Crippen MR) is 51.5 cm³/mol. The van der Waals surface area contributed by atoms with Crippen LogP contribution in [0.15, 0.2) is 0 Å². The van der Waals surface area contributed by atoms with E-state index in [-0.39, 0.29) is 11.4 Å². The zero-order chi connectivity index (χ0) is 9.73. The summed E-state index contributed by atoms with van der Waals surface area (Å²) >= 11 is 0. The number of carbonyl (C=O) groups is 1. The fourth-order valence-electron chi connectivity index (χ4n) is 2.15. The third-order valence-electron chi connectivity index (χ3n) is 2.82. The molecular weight excluding hydrogens is 166 g/mol. The lowest BCUT2D eigenvalue weighted by Gasteiger charge is -2.34. The first-order valence-electron chi connectivity index (χ1n) is 5.04. The third kappa shape index (κ3) is 2.21.